The smallest absolute Gasteiger partial charge is 0.230 e. The average Bonchev–Trinajstić information content (AvgIpc) is 2.89. The van der Waals surface area contributed by atoms with Crippen LogP contribution < -0.4 is 5.43 Å². The van der Waals surface area contributed by atoms with E-state index in [0.717, 1.165) is 17.7 Å². The number of rotatable bonds is 4. The second-order valence-corrected chi connectivity index (χ2v) is 6.45. The molecule has 2 heterocycles. The maximum Gasteiger partial charge on any atom is 0.230 e. The van der Waals surface area contributed by atoms with Crippen molar-refractivity contribution in [2.45, 2.75) is 19.4 Å². The summed E-state index contributed by atoms with van der Waals surface area (Å²) < 4.78 is 7.02. The summed E-state index contributed by atoms with van der Waals surface area (Å²) >= 11 is 5.91. The van der Waals surface area contributed by atoms with Crippen molar-refractivity contribution in [1.29, 1.82) is 0 Å². The minimum atomic E-state index is -0.00486. The van der Waals surface area contributed by atoms with E-state index in [4.69, 9.17) is 16.3 Å². The molecular weight excluding hydrogens is 338 g/mol. The molecular formula is C19H20ClN3O2. The van der Waals surface area contributed by atoms with Gasteiger partial charge >= 0.3 is 0 Å². The molecule has 25 heavy (non-hydrogen) atoms. The third kappa shape index (κ3) is 3.61. The van der Waals surface area contributed by atoms with E-state index in [0.29, 0.717) is 22.2 Å². The van der Waals surface area contributed by atoms with Gasteiger partial charge in [0, 0.05) is 29.7 Å². The number of hydrazone groups is 1. The molecule has 0 bridgehead atoms. The third-order valence-electron chi connectivity index (χ3n) is 4.29. The molecule has 5 nitrogen and oxygen atoms in total. The quantitative estimate of drug-likeness (QED) is 0.854. The van der Waals surface area contributed by atoms with Crippen LogP contribution in [-0.4, -0.2) is 29.4 Å². The highest BCUT2D eigenvalue weighted by molar-refractivity contribution is 6.30. The number of hydrogen-bond donors (Lipinski definition) is 1. The zero-order valence-electron chi connectivity index (χ0n) is 14.4. The number of ketones is 1. The van der Waals surface area contributed by atoms with Gasteiger partial charge in [-0.1, -0.05) is 17.7 Å². The van der Waals surface area contributed by atoms with Gasteiger partial charge in [-0.05, 0) is 48.9 Å². The molecule has 1 aliphatic rings. The fraction of sp³-hybridized carbons (Fsp3) is 0.263. The molecule has 0 saturated heterocycles. The summed E-state index contributed by atoms with van der Waals surface area (Å²) in [6.07, 6.45) is 4.58. The molecule has 1 atom stereocenters. The molecule has 0 fully saturated rings. The lowest BCUT2D eigenvalue weighted by Crippen LogP contribution is -2.30. The number of ether oxygens (including phenoxy) is 1. The minimum absolute atomic E-state index is 0.00486. The van der Waals surface area contributed by atoms with Gasteiger partial charge in [0.05, 0.1) is 18.8 Å². The number of carbonyl (C=O) groups is 1. The van der Waals surface area contributed by atoms with Crippen LogP contribution in [0, 0.1) is 6.92 Å². The number of aromatic nitrogens is 1. The van der Waals surface area contributed by atoms with Gasteiger partial charge < -0.3 is 9.30 Å². The summed E-state index contributed by atoms with van der Waals surface area (Å²) in [5, 5.41) is 4.76. The van der Waals surface area contributed by atoms with Crippen LogP contribution in [0.4, 0.5) is 0 Å². The maximum atomic E-state index is 12.9. The van der Waals surface area contributed by atoms with Crippen molar-refractivity contribution in [3.05, 3.63) is 70.0 Å². The van der Waals surface area contributed by atoms with Gasteiger partial charge in [-0.3, -0.25) is 10.2 Å². The molecule has 1 aliphatic heterocycles. The van der Waals surface area contributed by atoms with Crippen molar-refractivity contribution in [3.63, 3.8) is 0 Å². The summed E-state index contributed by atoms with van der Waals surface area (Å²) in [6, 6.07) is 9.08. The number of nitrogens with one attached hydrogen (secondary N) is 1. The lowest BCUT2D eigenvalue weighted by atomic mass is 10.1. The number of nitrogens with zero attached hydrogens (tertiary/aromatic N) is 2. The second-order valence-electron chi connectivity index (χ2n) is 6.02. The molecule has 0 spiro atoms. The highest BCUT2D eigenvalue weighted by Gasteiger charge is 2.20. The third-order valence-corrected chi connectivity index (χ3v) is 4.55. The van der Waals surface area contributed by atoms with E-state index in [1.807, 2.05) is 36.8 Å². The molecule has 1 N–H and O–H groups in total. The molecule has 1 unspecified atom stereocenters. The van der Waals surface area contributed by atoms with Crippen LogP contribution in [0.15, 0.2) is 47.6 Å². The van der Waals surface area contributed by atoms with Gasteiger partial charge in [0.25, 0.3) is 0 Å². The first kappa shape index (κ1) is 17.3. The van der Waals surface area contributed by atoms with Gasteiger partial charge in [0.2, 0.25) is 11.7 Å². The van der Waals surface area contributed by atoms with E-state index >= 15 is 0 Å². The van der Waals surface area contributed by atoms with Crippen LogP contribution in [0.3, 0.4) is 0 Å². The Morgan fingerprint density at radius 1 is 1.36 bits per heavy atom. The molecule has 1 aromatic carbocycles. The Morgan fingerprint density at radius 3 is 2.68 bits per heavy atom. The van der Waals surface area contributed by atoms with Crippen molar-refractivity contribution >= 4 is 23.3 Å². The first-order valence-corrected chi connectivity index (χ1v) is 8.38. The first-order chi connectivity index (χ1) is 12.0. The fourth-order valence-electron chi connectivity index (χ4n) is 2.97. The number of aryl methyl sites for hydroxylation is 1. The van der Waals surface area contributed by atoms with Gasteiger partial charge in [-0.2, -0.15) is 0 Å². The zero-order chi connectivity index (χ0) is 18.0. The van der Waals surface area contributed by atoms with E-state index in [-0.39, 0.29) is 11.8 Å². The highest BCUT2D eigenvalue weighted by Crippen LogP contribution is 2.21. The first-order valence-electron chi connectivity index (χ1n) is 8.00. The van der Waals surface area contributed by atoms with Crippen molar-refractivity contribution in [3.8, 4) is 0 Å². The van der Waals surface area contributed by atoms with Crippen LogP contribution in [0.1, 0.15) is 27.3 Å². The molecule has 130 valence electrons. The van der Waals surface area contributed by atoms with Gasteiger partial charge in [-0.15, -0.1) is 5.10 Å². The fourth-order valence-corrected chi connectivity index (χ4v) is 3.09. The van der Waals surface area contributed by atoms with Crippen LogP contribution in [0.25, 0.3) is 0 Å². The van der Waals surface area contributed by atoms with Crippen molar-refractivity contribution in [2.75, 3.05) is 7.11 Å². The lowest BCUT2D eigenvalue weighted by Gasteiger charge is -2.17. The number of carbonyl (C=O) groups excluding carboxylic acids is 1. The summed E-state index contributed by atoms with van der Waals surface area (Å²) in [6.45, 7) is 1.96. The molecule has 0 saturated carbocycles. The summed E-state index contributed by atoms with van der Waals surface area (Å²) in [5.41, 5.74) is 6.40. The number of benzene rings is 1. The lowest BCUT2D eigenvalue weighted by molar-refractivity contribution is 0.103. The Hall–Kier alpha value is -2.53. The molecule has 1 aromatic heterocycles. The van der Waals surface area contributed by atoms with E-state index < -0.39 is 0 Å². The van der Waals surface area contributed by atoms with Gasteiger partial charge in [0.15, 0.2) is 0 Å². The Kier molecular flexibility index (Phi) is 4.95. The zero-order valence-corrected chi connectivity index (χ0v) is 15.2. The topological polar surface area (TPSA) is 55.6 Å². The largest absolute Gasteiger partial charge is 0.480 e. The number of hydrogen-bond acceptors (Lipinski definition) is 4. The monoisotopic (exact) mass is 357 g/mol. The Balaban J connectivity index is 1.82. The molecule has 0 radical (unpaired) electrons. The van der Waals surface area contributed by atoms with E-state index in [1.165, 1.54) is 0 Å². The predicted molar refractivity (Wildman–Crippen MR) is 99.2 cm³/mol. The van der Waals surface area contributed by atoms with Crippen molar-refractivity contribution in [2.24, 2.45) is 12.1 Å². The molecule has 2 aromatic rings. The molecule has 0 aliphatic carbocycles. The summed E-state index contributed by atoms with van der Waals surface area (Å²) in [4.78, 5) is 12.9. The SMILES string of the molecule is COC1=NNC(Cc2cc(C)c(C(=O)c3ccc(Cl)cc3)n2C)C=C1. The highest BCUT2D eigenvalue weighted by atomic mass is 35.5. The Morgan fingerprint density at radius 2 is 2.08 bits per heavy atom. The van der Waals surface area contributed by atoms with Gasteiger partial charge in [-0.25, -0.2) is 0 Å². The van der Waals surface area contributed by atoms with Crippen molar-refractivity contribution in [1.82, 2.24) is 9.99 Å². The molecule has 6 heteroatoms. The second kappa shape index (κ2) is 7.15. The van der Waals surface area contributed by atoms with E-state index in [2.05, 4.69) is 10.5 Å². The Bertz CT molecular complexity index is 850. The average molecular weight is 358 g/mol. The summed E-state index contributed by atoms with van der Waals surface area (Å²) in [7, 11) is 3.50. The van der Waals surface area contributed by atoms with E-state index in [9.17, 15) is 4.79 Å². The Labute approximate surface area is 151 Å². The summed E-state index contributed by atoms with van der Waals surface area (Å²) in [5.74, 6) is 0.549. The molecule has 0 amide bonds. The van der Waals surface area contributed by atoms with Crippen molar-refractivity contribution < 1.29 is 9.53 Å². The van der Waals surface area contributed by atoms with Gasteiger partial charge in [0.1, 0.15) is 0 Å². The number of halogens is 1. The standard InChI is InChI=1S/C19H20ClN3O2/c1-12-10-16(11-15-8-9-17(25-3)22-21-15)23(2)18(12)19(24)13-4-6-14(20)7-5-13/h4-10,15,21H,11H2,1-3H3. The number of methoxy groups -OCH3 is 1. The minimum Gasteiger partial charge on any atom is -0.480 e. The van der Waals surface area contributed by atoms with E-state index in [1.54, 1.807) is 31.4 Å². The maximum absolute atomic E-state index is 12.9. The normalized spacial score (nSPS) is 16.3. The van der Waals surface area contributed by atoms with Crippen LogP contribution in [0.2, 0.25) is 5.02 Å². The van der Waals surface area contributed by atoms with Crippen LogP contribution in [0.5, 0.6) is 0 Å². The molecule has 3 rings (SSSR count). The predicted octanol–water partition coefficient (Wildman–Crippen LogP) is 3.25. The van der Waals surface area contributed by atoms with Crippen LogP contribution in [-0.2, 0) is 18.2 Å². The van der Waals surface area contributed by atoms with Crippen LogP contribution >= 0.6 is 11.6 Å².